The number of aromatic nitrogens is 1. The number of thioether (sulfide) groups is 1. The molecule has 0 unspecified atom stereocenters. The van der Waals surface area contributed by atoms with E-state index in [1.807, 2.05) is 30.3 Å². The normalized spacial score (nSPS) is 16.0. The molecule has 0 bridgehead atoms. The van der Waals surface area contributed by atoms with Crippen molar-refractivity contribution in [2.45, 2.75) is 0 Å². The first-order valence-corrected chi connectivity index (χ1v) is 10.9. The molecule has 1 saturated heterocycles. The fourth-order valence-corrected chi connectivity index (χ4v) is 4.03. The molecule has 2 amide bonds. The van der Waals surface area contributed by atoms with Gasteiger partial charge in [0.25, 0.3) is 11.8 Å². The molecule has 2 N–H and O–H groups in total. The summed E-state index contributed by atoms with van der Waals surface area (Å²) in [6.45, 7) is 0.812. The van der Waals surface area contributed by atoms with Crippen LogP contribution in [0.15, 0.2) is 64.6 Å². The van der Waals surface area contributed by atoms with Crippen molar-refractivity contribution in [1.82, 2.24) is 15.6 Å². The molecule has 162 valence electrons. The summed E-state index contributed by atoms with van der Waals surface area (Å²) < 4.78 is 4.93. The Morgan fingerprint density at radius 3 is 3.00 bits per heavy atom. The van der Waals surface area contributed by atoms with Crippen LogP contribution in [0, 0.1) is 0 Å². The first-order chi connectivity index (χ1) is 15.5. The SMILES string of the molecule is COCCNC(=O)c1ccc(Cl)c(N=C2NC(=O)/C(=C/c3ccc4ncccc4c3)S2)c1. The summed E-state index contributed by atoms with van der Waals surface area (Å²) in [6.07, 6.45) is 3.54. The molecule has 0 saturated carbocycles. The van der Waals surface area contributed by atoms with Gasteiger partial charge < -0.3 is 15.4 Å². The minimum Gasteiger partial charge on any atom is -0.383 e. The van der Waals surface area contributed by atoms with E-state index in [1.54, 1.807) is 37.6 Å². The Morgan fingerprint density at radius 1 is 1.28 bits per heavy atom. The Hall–Kier alpha value is -3.20. The van der Waals surface area contributed by atoms with Crippen LogP contribution >= 0.6 is 23.4 Å². The Morgan fingerprint density at radius 2 is 2.16 bits per heavy atom. The average molecular weight is 467 g/mol. The lowest BCUT2D eigenvalue weighted by molar-refractivity contribution is -0.115. The third-order valence-corrected chi connectivity index (χ3v) is 5.83. The minimum atomic E-state index is -0.255. The standard InChI is InChI=1S/C23H19ClN4O3S/c1-31-10-9-26-21(29)16-5-6-17(24)19(13-16)27-23-28-22(30)20(32-23)12-14-4-7-18-15(11-14)3-2-8-25-18/h2-8,11-13H,9-10H2,1H3,(H,26,29)(H,27,28,30)/b20-12-. The Bertz CT molecular complexity index is 1260. The van der Waals surface area contributed by atoms with E-state index in [0.717, 1.165) is 16.5 Å². The summed E-state index contributed by atoms with van der Waals surface area (Å²) in [5.74, 6) is -0.501. The first kappa shape index (κ1) is 22.0. The van der Waals surface area contributed by atoms with Gasteiger partial charge in [-0.05, 0) is 59.8 Å². The number of aliphatic imine (C=N–C) groups is 1. The fraction of sp³-hybridized carbons (Fsp3) is 0.130. The summed E-state index contributed by atoms with van der Waals surface area (Å²) >= 11 is 7.48. The molecule has 0 aliphatic carbocycles. The highest BCUT2D eigenvalue weighted by Crippen LogP contribution is 2.32. The predicted molar refractivity (Wildman–Crippen MR) is 128 cm³/mol. The summed E-state index contributed by atoms with van der Waals surface area (Å²) in [6, 6.07) is 14.5. The van der Waals surface area contributed by atoms with Crippen molar-refractivity contribution in [3.63, 3.8) is 0 Å². The van der Waals surface area contributed by atoms with Gasteiger partial charge in [-0.25, -0.2) is 4.99 Å². The van der Waals surface area contributed by atoms with Gasteiger partial charge in [-0.15, -0.1) is 0 Å². The summed E-state index contributed by atoms with van der Waals surface area (Å²) in [4.78, 5) is 34.0. The molecule has 32 heavy (non-hydrogen) atoms. The number of benzene rings is 2. The van der Waals surface area contributed by atoms with Gasteiger partial charge in [-0.1, -0.05) is 23.7 Å². The number of ether oxygens (including phenoxy) is 1. The van der Waals surface area contributed by atoms with Crippen LogP contribution in [0.4, 0.5) is 5.69 Å². The maximum atomic E-state index is 12.4. The topological polar surface area (TPSA) is 92.7 Å². The lowest BCUT2D eigenvalue weighted by Gasteiger charge is -2.06. The van der Waals surface area contributed by atoms with E-state index in [0.29, 0.717) is 39.5 Å². The number of carbonyl (C=O) groups is 2. The fourth-order valence-electron chi connectivity index (χ4n) is 3.03. The summed E-state index contributed by atoms with van der Waals surface area (Å²) in [5.41, 5.74) is 2.59. The van der Waals surface area contributed by atoms with E-state index in [-0.39, 0.29) is 11.8 Å². The van der Waals surface area contributed by atoms with E-state index in [1.165, 1.54) is 11.8 Å². The molecule has 3 aromatic rings. The number of nitrogens with zero attached hydrogens (tertiary/aromatic N) is 2. The smallest absolute Gasteiger partial charge is 0.264 e. The molecule has 1 aliphatic rings. The molecule has 1 aliphatic heterocycles. The van der Waals surface area contributed by atoms with Crippen LogP contribution in [-0.4, -0.2) is 42.2 Å². The van der Waals surface area contributed by atoms with E-state index < -0.39 is 0 Å². The highest BCUT2D eigenvalue weighted by molar-refractivity contribution is 8.18. The van der Waals surface area contributed by atoms with E-state index in [2.05, 4.69) is 20.6 Å². The van der Waals surface area contributed by atoms with Crippen LogP contribution in [0.25, 0.3) is 17.0 Å². The number of pyridine rings is 1. The number of fused-ring (bicyclic) bond motifs is 1. The predicted octanol–water partition coefficient (Wildman–Crippen LogP) is 4.16. The van der Waals surface area contributed by atoms with E-state index >= 15 is 0 Å². The Labute approximate surface area is 193 Å². The van der Waals surface area contributed by atoms with Gasteiger partial charge in [0.1, 0.15) is 0 Å². The number of carbonyl (C=O) groups excluding carboxylic acids is 2. The molecule has 9 heteroatoms. The quantitative estimate of drug-likeness (QED) is 0.420. The molecule has 0 spiro atoms. The van der Waals surface area contributed by atoms with Crippen LogP contribution in [-0.2, 0) is 9.53 Å². The van der Waals surface area contributed by atoms with Crippen molar-refractivity contribution in [3.8, 4) is 0 Å². The molecular weight excluding hydrogens is 448 g/mol. The number of halogens is 1. The zero-order valence-corrected chi connectivity index (χ0v) is 18.7. The van der Waals surface area contributed by atoms with Crippen LogP contribution in [0.1, 0.15) is 15.9 Å². The first-order valence-electron chi connectivity index (χ1n) is 9.74. The number of methoxy groups -OCH3 is 1. The van der Waals surface area contributed by atoms with Crippen molar-refractivity contribution < 1.29 is 14.3 Å². The van der Waals surface area contributed by atoms with E-state index in [4.69, 9.17) is 16.3 Å². The second-order valence-electron chi connectivity index (χ2n) is 6.85. The maximum Gasteiger partial charge on any atom is 0.264 e. The molecule has 2 aromatic carbocycles. The number of hydrogen-bond acceptors (Lipinski definition) is 6. The lowest BCUT2D eigenvalue weighted by Crippen LogP contribution is -2.26. The highest BCUT2D eigenvalue weighted by atomic mass is 35.5. The number of amides is 2. The molecular formula is C23H19ClN4O3S. The third-order valence-electron chi connectivity index (χ3n) is 4.60. The van der Waals surface area contributed by atoms with Gasteiger partial charge in [0, 0.05) is 30.8 Å². The average Bonchev–Trinajstić information content (AvgIpc) is 3.13. The molecule has 2 heterocycles. The third kappa shape index (κ3) is 5.16. The molecule has 0 atom stereocenters. The van der Waals surface area contributed by atoms with Crippen molar-refractivity contribution >= 4 is 63.0 Å². The molecule has 1 aromatic heterocycles. The largest absolute Gasteiger partial charge is 0.383 e. The second kappa shape index (κ2) is 9.95. The number of nitrogens with one attached hydrogen (secondary N) is 2. The zero-order chi connectivity index (χ0) is 22.5. The van der Waals surface area contributed by atoms with Crippen LogP contribution in [0.3, 0.4) is 0 Å². The van der Waals surface area contributed by atoms with Gasteiger partial charge >= 0.3 is 0 Å². The van der Waals surface area contributed by atoms with Crippen molar-refractivity contribution in [2.75, 3.05) is 20.3 Å². The Kier molecular flexibility index (Phi) is 6.84. The van der Waals surface area contributed by atoms with Gasteiger partial charge in [0.15, 0.2) is 5.17 Å². The number of hydrogen-bond donors (Lipinski definition) is 2. The van der Waals surface area contributed by atoms with E-state index in [9.17, 15) is 9.59 Å². The summed E-state index contributed by atoms with van der Waals surface area (Å²) in [7, 11) is 1.57. The zero-order valence-electron chi connectivity index (χ0n) is 17.1. The van der Waals surface area contributed by atoms with Gasteiger partial charge in [-0.3, -0.25) is 14.6 Å². The molecule has 1 fully saturated rings. The number of amidine groups is 1. The monoisotopic (exact) mass is 466 g/mol. The van der Waals surface area contributed by atoms with Gasteiger partial charge in [0.2, 0.25) is 0 Å². The highest BCUT2D eigenvalue weighted by Gasteiger charge is 2.24. The molecule has 0 radical (unpaired) electrons. The van der Waals surface area contributed by atoms with Crippen molar-refractivity contribution in [3.05, 3.63) is 75.8 Å². The molecule has 4 rings (SSSR count). The van der Waals surface area contributed by atoms with Crippen LogP contribution in [0.5, 0.6) is 0 Å². The minimum absolute atomic E-state index is 0.246. The maximum absolute atomic E-state index is 12.4. The lowest BCUT2D eigenvalue weighted by atomic mass is 10.1. The van der Waals surface area contributed by atoms with Crippen LogP contribution < -0.4 is 10.6 Å². The second-order valence-corrected chi connectivity index (χ2v) is 8.29. The van der Waals surface area contributed by atoms with Crippen molar-refractivity contribution in [1.29, 1.82) is 0 Å². The van der Waals surface area contributed by atoms with Crippen LogP contribution in [0.2, 0.25) is 5.02 Å². The molecule has 7 nitrogen and oxygen atoms in total. The summed E-state index contributed by atoms with van der Waals surface area (Å²) in [5, 5.41) is 7.25. The Balaban J connectivity index is 1.54. The van der Waals surface area contributed by atoms with Gasteiger partial charge in [-0.2, -0.15) is 0 Å². The van der Waals surface area contributed by atoms with Gasteiger partial charge in [0.05, 0.1) is 27.7 Å². The van der Waals surface area contributed by atoms with Crippen molar-refractivity contribution in [2.24, 2.45) is 4.99 Å². The number of rotatable bonds is 6.